The van der Waals surface area contributed by atoms with Crippen LogP contribution < -0.4 is 15.0 Å². The molecular formula is C29H38ClN5O. The van der Waals surface area contributed by atoms with Crippen LogP contribution in [-0.4, -0.2) is 65.3 Å². The van der Waals surface area contributed by atoms with Crippen molar-refractivity contribution in [1.82, 2.24) is 20.2 Å². The molecule has 2 aromatic rings. The summed E-state index contributed by atoms with van der Waals surface area (Å²) in [4.78, 5) is 15.3. The zero-order chi connectivity index (χ0) is 24.4. The lowest BCUT2D eigenvalue weighted by atomic mass is 9.69. The van der Waals surface area contributed by atoms with Crippen molar-refractivity contribution in [2.24, 2.45) is 0 Å². The van der Waals surface area contributed by atoms with Crippen molar-refractivity contribution < 1.29 is 4.74 Å². The van der Waals surface area contributed by atoms with Gasteiger partial charge >= 0.3 is 6.01 Å². The fourth-order valence-corrected chi connectivity index (χ4v) is 8.09. The zero-order valence-electron chi connectivity index (χ0n) is 21.6. The Morgan fingerprint density at radius 3 is 2.69 bits per heavy atom. The first-order valence-electron chi connectivity index (χ1n) is 14.1. The number of piperidine rings is 1. The highest BCUT2D eigenvalue weighted by Gasteiger charge is 2.45. The summed E-state index contributed by atoms with van der Waals surface area (Å²) in [6.07, 6.45) is 9.09. The summed E-state index contributed by atoms with van der Waals surface area (Å²) in [5.74, 6) is 1.14. The Hall–Kier alpha value is -1.89. The second-order valence-corrected chi connectivity index (χ2v) is 12.5. The average Bonchev–Trinajstić information content (AvgIpc) is 3.48. The van der Waals surface area contributed by atoms with E-state index in [0.29, 0.717) is 36.8 Å². The molecule has 1 aromatic heterocycles. The number of fused-ring (bicyclic) bond motifs is 5. The van der Waals surface area contributed by atoms with Crippen LogP contribution in [0.2, 0.25) is 5.02 Å². The summed E-state index contributed by atoms with van der Waals surface area (Å²) >= 11 is 6.62. The van der Waals surface area contributed by atoms with Gasteiger partial charge in [0.1, 0.15) is 12.4 Å². The summed E-state index contributed by atoms with van der Waals surface area (Å²) in [6, 6.07) is 9.24. The molecule has 8 rings (SSSR count). The van der Waals surface area contributed by atoms with E-state index in [2.05, 4.69) is 41.1 Å². The van der Waals surface area contributed by atoms with Gasteiger partial charge in [-0.1, -0.05) is 23.7 Å². The molecule has 4 atom stereocenters. The molecule has 1 aromatic carbocycles. The van der Waals surface area contributed by atoms with E-state index in [-0.39, 0.29) is 5.41 Å². The van der Waals surface area contributed by atoms with E-state index in [4.69, 9.17) is 26.3 Å². The molecule has 0 radical (unpaired) electrons. The molecular weight excluding hydrogens is 470 g/mol. The van der Waals surface area contributed by atoms with Crippen molar-refractivity contribution in [3.8, 4) is 6.01 Å². The molecule has 2 aliphatic carbocycles. The largest absolute Gasteiger partial charge is 0.462 e. The van der Waals surface area contributed by atoms with E-state index in [1.54, 1.807) is 0 Å². The molecule has 36 heavy (non-hydrogen) atoms. The van der Waals surface area contributed by atoms with Gasteiger partial charge in [-0.3, -0.25) is 4.90 Å². The Labute approximate surface area is 219 Å². The van der Waals surface area contributed by atoms with Gasteiger partial charge in [0.2, 0.25) is 0 Å². The lowest BCUT2D eigenvalue weighted by molar-refractivity contribution is 0.138. The Morgan fingerprint density at radius 1 is 1.14 bits per heavy atom. The Bertz CT molecular complexity index is 1150. The fourth-order valence-electron chi connectivity index (χ4n) is 7.82. The molecule has 2 bridgehead atoms. The van der Waals surface area contributed by atoms with Crippen molar-refractivity contribution in [2.75, 3.05) is 31.1 Å². The predicted octanol–water partition coefficient (Wildman–Crippen LogP) is 4.31. The van der Waals surface area contributed by atoms with Gasteiger partial charge in [-0.05, 0) is 89.0 Å². The van der Waals surface area contributed by atoms with Crippen molar-refractivity contribution in [1.29, 1.82) is 0 Å². The monoisotopic (exact) mass is 507 g/mol. The Balaban J connectivity index is 1.21. The Kier molecular flexibility index (Phi) is 5.71. The molecule has 0 saturated carbocycles. The molecule has 4 fully saturated rings. The second kappa shape index (κ2) is 8.85. The third-order valence-corrected chi connectivity index (χ3v) is 10.0. The van der Waals surface area contributed by atoms with Crippen LogP contribution in [0.25, 0.3) is 0 Å². The van der Waals surface area contributed by atoms with Crippen molar-refractivity contribution >= 4 is 17.4 Å². The van der Waals surface area contributed by atoms with Crippen LogP contribution in [0.1, 0.15) is 68.3 Å². The number of nitrogens with one attached hydrogen (secondary N) is 1. The van der Waals surface area contributed by atoms with Gasteiger partial charge in [-0.2, -0.15) is 9.97 Å². The number of ether oxygens (including phenoxy) is 1. The van der Waals surface area contributed by atoms with Crippen LogP contribution in [0.5, 0.6) is 6.01 Å². The van der Waals surface area contributed by atoms with Crippen molar-refractivity contribution in [2.45, 2.75) is 94.8 Å². The quantitative estimate of drug-likeness (QED) is 0.651. The minimum absolute atomic E-state index is 0.140. The number of aromatic nitrogens is 2. The van der Waals surface area contributed by atoms with E-state index >= 15 is 0 Å². The number of anilines is 1. The second-order valence-electron chi connectivity index (χ2n) is 12.1. The SMILES string of the molecule is CC(C)N1CCC[C@H]1COc1nc2c(c(N3CC4CC(C3)N4)n1)CCC1(CCc3c(Cl)cccc31)C2. The smallest absolute Gasteiger partial charge is 0.318 e. The third-order valence-electron chi connectivity index (χ3n) is 9.67. The number of nitrogens with zero attached hydrogens (tertiary/aromatic N) is 4. The van der Waals surface area contributed by atoms with E-state index in [0.717, 1.165) is 62.6 Å². The molecule has 0 amide bonds. The summed E-state index contributed by atoms with van der Waals surface area (Å²) < 4.78 is 6.42. The van der Waals surface area contributed by atoms with Gasteiger partial charge in [0.25, 0.3) is 0 Å². The highest BCUT2D eigenvalue weighted by atomic mass is 35.5. The predicted molar refractivity (Wildman–Crippen MR) is 143 cm³/mol. The molecule has 1 spiro atoms. The number of benzene rings is 1. The highest BCUT2D eigenvalue weighted by molar-refractivity contribution is 6.31. The van der Waals surface area contributed by atoms with Gasteiger partial charge in [-0.25, -0.2) is 0 Å². The van der Waals surface area contributed by atoms with Gasteiger partial charge in [0, 0.05) is 53.3 Å². The number of rotatable bonds is 5. The third kappa shape index (κ3) is 3.83. The van der Waals surface area contributed by atoms with E-state index in [9.17, 15) is 0 Å². The average molecular weight is 508 g/mol. The number of hydrogen-bond donors (Lipinski definition) is 1. The standard InChI is InChI=1S/C29H38ClN5O/c1-18(2)35-12-4-5-21(35)17-36-28-32-26-14-29(10-8-22-24(29)6-3-7-25(22)30)11-9-23(26)27(33-28)34-15-19-13-20(16-34)31-19/h3,6-7,18-21,31H,4-5,8-17H2,1-2H3/t19?,20?,21-,29?/m0/s1. The van der Waals surface area contributed by atoms with Crippen LogP contribution in [0.15, 0.2) is 18.2 Å². The van der Waals surface area contributed by atoms with Crippen molar-refractivity contribution in [3.63, 3.8) is 0 Å². The maximum atomic E-state index is 6.62. The molecule has 4 aliphatic heterocycles. The summed E-state index contributed by atoms with van der Waals surface area (Å²) in [6.45, 7) is 8.47. The highest BCUT2D eigenvalue weighted by Crippen LogP contribution is 2.50. The first kappa shape index (κ1) is 23.2. The summed E-state index contributed by atoms with van der Waals surface area (Å²) in [5.41, 5.74) is 5.50. The van der Waals surface area contributed by atoms with Gasteiger partial charge < -0.3 is 15.0 Å². The zero-order valence-corrected chi connectivity index (χ0v) is 22.4. The molecule has 6 aliphatic rings. The van der Waals surface area contributed by atoms with Crippen LogP contribution in [0.3, 0.4) is 0 Å². The van der Waals surface area contributed by atoms with E-state index in [1.165, 1.54) is 41.6 Å². The minimum Gasteiger partial charge on any atom is -0.462 e. The summed E-state index contributed by atoms with van der Waals surface area (Å²) in [7, 11) is 0. The van der Waals surface area contributed by atoms with E-state index < -0.39 is 0 Å². The summed E-state index contributed by atoms with van der Waals surface area (Å²) in [5, 5.41) is 4.60. The molecule has 6 nitrogen and oxygen atoms in total. The molecule has 1 N–H and O–H groups in total. The number of piperazine rings is 1. The molecule has 4 saturated heterocycles. The minimum atomic E-state index is 0.140. The fraction of sp³-hybridized carbons (Fsp3) is 0.655. The lowest BCUT2D eigenvalue weighted by Crippen LogP contribution is -2.67. The Morgan fingerprint density at radius 2 is 1.92 bits per heavy atom. The van der Waals surface area contributed by atoms with Gasteiger partial charge in [0.05, 0.1) is 5.69 Å². The normalized spacial score (nSPS) is 31.0. The van der Waals surface area contributed by atoms with Gasteiger partial charge in [-0.15, -0.1) is 0 Å². The van der Waals surface area contributed by atoms with Crippen LogP contribution >= 0.6 is 11.6 Å². The van der Waals surface area contributed by atoms with Crippen LogP contribution in [0, 0.1) is 0 Å². The maximum Gasteiger partial charge on any atom is 0.318 e. The lowest BCUT2D eigenvalue weighted by Gasteiger charge is -2.49. The molecule has 7 heteroatoms. The number of halogens is 1. The molecule has 3 unspecified atom stereocenters. The first-order chi connectivity index (χ1) is 17.5. The maximum absolute atomic E-state index is 6.62. The van der Waals surface area contributed by atoms with Crippen molar-refractivity contribution in [3.05, 3.63) is 45.6 Å². The topological polar surface area (TPSA) is 53.5 Å². The molecule has 192 valence electrons. The van der Waals surface area contributed by atoms with Crippen LogP contribution in [-0.2, 0) is 24.7 Å². The number of hydrogen-bond acceptors (Lipinski definition) is 6. The first-order valence-corrected chi connectivity index (χ1v) is 14.4. The number of likely N-dealkylation sites (tertiary alicyclic amines) is 1. The van der Waals surface area contributed by atoms with Crippen LogP contribution in [0.4, 0.5) is 5.82 Å². The molecule has 5 heterocycles. The van der Waals surface area contributed by atoms with Gasteiger partial charge in [0.15, 0.2) is 0 Å². The van der Waals surface area contributed by atoms with E-state index in [1.807, 2.05) is 6.07 Å².